The smallest absolute Gasteiger partial charge is 0.282 e. The first-order valence-electron chi connectivity index (χ1n) is 8.97. The van der Waals surface area contributed by atoms with Crippen LogP contribution in [0.1, 0.15) is 11.1 Å². The van der Waals surface area contributed by atoms with Crippen LogP contribution in [-0.2, 0) is 11.3 Å². The van der Waals surface area contributed by atoms with Crippen LogP contribution in [0.3, 0.4) is 0 Å². The Kier molecular flexibility index (Phi) is 4.78. The number of hydrogen-bond donors (Lipinski definition) is 2. The first-order valence-corrected chi connectivity index (χ1v) is 8.97. The summed E-state index contributed by atoms with van der Waals surface area (Å²) in [5.41, 5.74) is 9.99. The molecule has 0 aliphatic carbocycles. The molecule has 2 aromatic heterocycles. The second-order valence-electron chi connectivity index (χ2n) is 6.64. The molecule has 0 radical (unpaired) electrons. The van der Waals surface area contributed by atoms with Crippen molar-refractivity contribution in [2.45, 2.75) is 20.4 Å². The summed E-state index contributed by atoms with van der Waals surface area (Å²) in [6, 6.07) is 15.2. The molecule has 0 aliphatic heterocycles. The van der Waals surface area contributed by atoms with E-state index in [-0.39, 0.29) is 29.9 Å². The highest BCUT2D eigenvalue weighted by Gasteiger charge is 2.20. The Morgan fingerprint density at radius 1 is 1.17 bits per heavy atom. The lowest BCUT2D eigenvalue weighted by molar-refractivity contribution is -0.116. The van der Waals surface area contributed by atoms with E-state index in [4.69, 9.17) is 10.3 Å². The summed E-state index contributed by atoms with van der Waals surface area (Å²) >= 11 is 0. The minimum atomic E-state index is -0.268. The van der Waals surface area contributed by atoms with Crippen molar-refractivity contribution in [1.82, 2.24) is 25.1 Å². The summed E-state index contributed by atoms with van der Waals surface area (Å²) in [5.74, 6) is 0.462. The van der Waals surface area contributed by atoms with E-state index in [9.17, 15) is 4.79 Å². The summed E-state index contributed by atoms with van der Waals surface area (Å²) in [6.07, 6.45) is 0. The first kappa shape index (κ1) is 18.4. The number of hydrogen-bond acceptors (Lipinski definition) is 7. The number of carbonyl (C=O) groups is 1. The van der Waals surface area contributed by atoms with Crippen LogP contribution in [0.15, 0.2) is 53.1 Å². The summed E-state index contributed by atoms with van der Waals surface area (Å²) in [7, 11) is 0. The van der Waals surface area contributed by atoms with Gasteiger partial charge in [-0.1, -0.05) is 58.4 Å². The molecule has 0 bridgehead atoms. The van der Waals surface area contributed by atoms with E-state index in [0.717, 1.165) is 22.4 Å². The molecule has 0 aliphatic rings. The quantitative estimate of drug-likeness (QED) is 0.537. The van der Waals surface area contributed by atoms with Crippen molar-refractivity contribution >= 4 is 17.4 Å². The number of amides is 1. The maximum atomic E-state index is 12.4. The van der Waals surface area contributed by atoms with Crippen molar-refractivity contribution in [1.29, 1.82) is 0 Å². The zero-order valence-corrected chi connectivity index (χ0v) is 16.0. The van der Waals surface area contributed by atoms with Gasteiger partial charge < -0.3 is 15.6 Å². The fraction of sp³-hybridized carbons (Fsp3) is 0.150. The fourth-order valence-corrected chi connectivity index (χ4v) is 2.89. The van der Waals surface area contributed by atoms with Gasteiger partial charge in [-0.2, -0.15) is 4.98 Å². The Bertz CT molecular complexity index is 1160. The van der Waals surface area contributed by atoms with E-state index < -0.39 is 0 Å². The zero-order valence-electron chi connectivity index (χ0n) is 16.0. The lowest BCUT2D eigenvalue weighted by atomic mass is 10.1. The van der Waals surface area contributed by atoms with Gasteiger partial charge in [-0.3, -0.25) is 4.79 Å². The molecule has 9 heteroatoms. The van der Waals surface area contributed by atoms with Gasteiger partial charge in [0, 0.05) is 11.3 Å². The molecule has 3 N–H and O–H groups in total. The number of rotatable bonds is 5. The molecule has 0 fully saturated rings. The second kappa shape index (κ2) is 7.55. The number of nitrogens with two attached hydrogens (primary N) is 1. The van der Waals surface area contributed by atoms with E-state index >= 15 is 0 Å². The number of nitrogens with one attached hydrogen (secondary N) is 1. The van der Waals surface area contributed by atoms with E-state index in [2.05, 4.69) is 25.8 Å². The lowest BCUT2D eigenvalue weighted by Crippen LogP contribution is -2.21. The van der Waals surface area contributed by atoms with Crippen LogP contribution >= 0.6 is 0 Å². The number of nitrogen functional groups attached to an aromatic ring is 1. The minimum Gasteiger partial charge on any atom is -0.382 e. The predicted octanol–water partition coefficient (Wildman–Crippen LogP) is 2.83. The third-order valence-corrected chi connectivity index (χ3v) is 4.38. The van der Waals surface area contributed by atoms with Crippen molar-refractivity contribution < 1.29 is 9.32 Å². The SMILES string of the molecule is Cc1ccc(NC(=O)Cn2nnc(-c3nc(-c4ccccc4)no3)c2N)c(C)c1. The summed E-state index contributed by atoms with van der Waals surface area (Å²) in [4.78, 5) is 16.7. The fourth-order valence-electron chi connectivity index (χ4n) is 2.89. The minimum absolute atomic E-state index is 0.0914. The highest BCUT2D eigenvalue weighted by molar-refractivity contribution is 5.91. The lowest BCUT2D eigenvalue weighted by Gasteiger charge is -2.09. The molecule has 0 unspecified atom stereocenters. The molecule has 2 aromatic carbocycles. The molecule has 1 amide bonds. The molecule has 4 aromatic rings. The number of nitrogens with zero attached hydrogens (tertiary/aromatic N) is 5. The third kappa shape index (κ3) is 3.84. The summed E-state index contributed by atoms with van der Waals surface area (Å²) < 4.78 is 6.56. The van der Waals surface area contributed by atoms with Gasteiger partial charge in [0.1, 0.15) is 6.54 Å². The normalized spacial score (nSPS) is 10.8. The van der Waals surface area contributed by atoms with Crippen LogP contribution in [0, 0.1) is 13.8 Å². The monoisotopic (exact) mass is 389 g/mol. The van der Waals surface area contributed by atoms with Crippen molar-refractivity contribution in [2.75, 3.05) is 11.1 Å². The summed E-state index contributed by atoms with van der Waals surface area (Å²) in [5, 5.41) is 14.7. The Morgan fingerprint density at radius 2 is 1.97 bits per heavy atom. The standard InChI is InChI=1S/C20H19N7O2/c1-12-8-9-15(13(2)10-12)22-16(28)11-27-18(21)17(24-26-27)20-23-19(25-29-20)14-6-4-3-5-7-14/h3-10H,11,21H2,1-2H3,(H,22,28). The van der Waals surface area contributed by atoms with Gasteiger partial charge in [-0.25, -0.2) is 4.68 Å². The van der Waals surface area contributed by atoms with Gasteiger partial charge in [0.05, 0.1) is 0 Å². The topological polar surface area (TPSA) is 125 Å². The van der Waals surface area contributed by atoms with Crippen molar-refractivity contribution in [3.63, 3.8) is 0 Å². The highest BCUT2D eigenvalue weighted by atomic mass is 16.5. The molecule has 0 spiro atoms. The molecule has 29 heavy (non-hydrogen) atoms. The van der Waals surface area contributed by atoms with Gasteiger partial charge >= 0.3 is 0 Å². The second-order valence-corrected chi connectivity index (χ2v) is 6.64. The maximum absolute atomic E-state index is 12.4. The third-order valence-electron chi connectivity index (χ3n) is 4.38. The molecule has 0 atom stereocenters. The van der Waals surface area contributed by atoms with Crippen LogP contribution in [0.4, 0.5) is 11.5 Å². The van der Waals surface area contributed by atoms with Crippen LogP contribution < -0.4 is 11.1 Å². The average Bonchev–Trinajstić information content (AvgIpc) is 3.32. The van der Waals surface area contributed by atoms with Gasteiger partial charge in [0.2, 0.25) is 11.7 Å². The first-order chi connectivity index (χ1) is 14.0. The molecular weight excluding hydrogens is 370 g/mol. The number of anilines is 2. The van der Waals surface area contributed by atoms with Crippen molar-refractivity contribution in [3.8, 4) is 23.0 Å². The van der Waals surface area contributed by atoms with E-state index in [1.165, 1.54) is 4.68 Å². The van der Waals surface area contributed by atoms with E-state index in [1.807, 2.05) is 62.4 Å². The number of benzene rings is 2. The van der Waals surface area contributed by atoms with Crippen LogP contribution in [-0.4, -0.2) is 31.0 Å². The molecule has 0 saturated carbocycles. The molecule has 2 heterocycles. The van der Waals surface area contributed by atoms with E-state index in [0.29, 0.717) is 5.82 Å². The maximum Gasteiger partial charge on any atom is 0.282 e. The van der Waals surface area contributed by atoms with Crippen molar-refractivity contribution in [3.05, 3.63) is 59.7 Å². The van der Waals surface area contributed by atoms with Gasteiger partial charge in [0.15, 0.2) is 11.5 Å². The predicted molar refractivity (Wildman–Crippen MR) is 108 cm³/mol. The molecule has 4 rings (SSSR count). The molecule has 146 valence electrons. The number of aryl methyl sites for hydroxylation is 2. The Morgan fingerprint density at radius 3 is 2.72 bits per heavy atom. The Balaban J connectivity index is 1.50. The molecular formula is C20H19N7O2. The van der Waals surface area contributed by atoms with Gasteiger partial charge in [0.25, 0.3) is 5.89 Å². The van der Waals surface area contributed by atoms with Crippen LogP contribution in [0.5, 0.6) is 0 Å². The van der Waals surface area contributed by atoms with Crippen molar-refractivity contribution in [2.24, 2.45) is 0 Å². The van der Waals surface area contributed by atoms with Gasteiger partial charge in [-0.05, 0) is 25.5 Å². The Labute approximate surface area is 166 Å². The number of carbonyl (C=O) groups excluding carboxylic acids is 1. The van der Waals surface area contributed by atoms with Crippen LogP contribution in [0.2, 0.25) is 0 Å². The number of aromatic nitrogens is 5. The Hall–Kier alpha value is -4.01. The summed E-state index contributed by atoms with van der Waals surface area (Å²) in [6.45, 7) is 3.84. The van der Waals surface area contributed by atoms with Gasteiger partial charge in [-0.15, -0.1) is 5.10 Å². The van der Waals surface area contributed by atoms with E-state index in [1.54, 1.807) is 0 Å². The molecule has 9 nitrogen and oxygen atoms in total. The zero-order chi connectivity index (χ0) is 20.4. The largest absolute Gasteiger partial charge is 0.382 e. The molecule has 0 saturated heterocycles. The highest BCUT2D eigenvalue weighted by Crippen LogP contribution is 2.24. The van der Waals surface area contributed by atoms with Crippen LogP contribution in [0.25, 0.3) is 23.0 Å². The average molecular weight is 389 g/mol.